The van der Waals surface area contributed by atoms with Crippen LogP contribution in [0.1, 0.15) is 26.5 Å². The third kappa shape index (κ3) is 3.41. The molecule has 0 aliphatic rings. The maximum absolute atomic E-state index is 5.77. The normalized spacial score (nSPS) is 10.8. The van der Waals surface area contributed by atoms with Crippen LogP contribution in [-0.2, 0) is 0 Å². The molecule has 0 unspecified atom stereocenters. The second kappa shape index (κ2) is 6.41. The molecule has 2 rings (SSSR count). The van der Waals surface area contributed by atoms with Gasteiger partial charge in [-0.25, -0.2) is 0 Å². The van der Waals surface area contributed by atoms with Gasteiger partial charge in [-0.3, -0.25) is 0 Å². The van der Waals surface area contributed by atoms with E-state index in [4.69, 9.17) is 21.7 Å². The molecule has 0 saturated carbocycles. The third-order valence-corrected chi connectivity index (χ3v) is 4.08. The van der Waals surface area contributed by atoms with Gasteiger partial charge in [0.05, 0.1) is 17.6 Å². The van der Waals surface area contributed by atoms with Crippen molar-refractivity contribution in [1.29, 1.82) is 0 Å². The standard InChI is InChI=1S/C15H19NO2S2/c1-5-17-13-8-11(6-7-12(13)18-9(2)3)14-10(4)16-15(19)20-14/h6-9H,5H2,1-4H3,(H,16,19). The first-order valence-corrected chi connectivity index (χ1v) is 7.87. The van der Waals surface area contributed by atoms with Crippen LogP contribution in [0.4, 0.5) is 0 Å². The van der Waals surface area contributed by atoms with Crippen LogP contribution < -0.4 is 9.47 Å². The first-order chi connectivity index (χ1) is 9.51. The molecule has 1 aromatic heterocycles. The van der Waals surface area contributed by atoms with E-state index in [0.29, 0.717) is 6.61 Å². The van der Waals surface area contributed by atoms with Gasteiger partial charge in [0, 0.05) is 5.69 Å². The van der Waals surface area contributed by atoms with Crippen LogP contribution in [0, 0.1) is 10.9 Å². The Balaban J connectivity index is 2.44. The highest BCUT2D eigenvalue weighted by Gasteiger charge is 2.12. The molecule has 108 valence electrons. The molecule has 0 aliphatic carbocycles. The average Bonchev–Trinajstić information content (AvgIpc) is 2.70. The minimum absolute atomic E-state index is 0.121. The zero-order chi connectivity index (χ0) is 14.7. The first-order valence-electron chi connectivity index (χ1n) is 6.64. The lowest BCUT2D eigenvalue weighted by atomic mass is 10.1. The van der Waals surface area contributed by atoms with Crippen LogP contribution in [0.3, 0.4) is 0 Å². The van der Waals surface area contributed by atoms with E-state index in [1.807, 2.05) is 45.9 Å². The van der Waals surface area contributed by atoms with Gasteiger partial charge >= 0.3 is 0 Å². The lowest BCUT2D eigenvalue weighted by Crippen LogP contribution is -2.07. The van der Waals surface area contributed by atoms with E-state index >= 15 is 0 Å². The molecule has 20 heavy (non-hydrogen) atoms. The molecule has 1 heterocycles. The SMILES string of the molecule is CCOc1cc(-c2sc(=S)[nH]c2C)ccc1OC(C)C. The summed E-state index contributed by atoms with van der Waals surface area (Å²) in [5, 5.41) is 0. The molecule has 1 aromatic carbocycles. The van der Waals surface area contributed by atoms with Crippen molar-refractivity contribution in [3.63, 3.8) is 0 Å². The lowest BCUT2D eigenvalue weighted by Gasteiger charge is -2.15. The largest absolute Gasteiger partial charge is 0.490 e. The van der Waals surface area contributed by atoms with Gasteiger partial charge < -0.3 is 14.5 Å². The Morgan fingerprint density at radius 3 is 2.60 bits per heavy atom. The highest BCUT2D eigenvalue weighted by atomic mass is 32.1. The van der Waals surface area contributed by atoms with Crippen molar-refractivity contribution < 1.29 is 9.47 Å². The molecular formula is C15H19NO2S2. The molecule has 3 nitrogen and oxygen atoms in total. The van der Waals surface area contributed by atoms with Gasteiger partial charge in [-0.2, -0.15) is 0 Å². The Morgan fingerprint density at radius 2 is 2.05 bits per heavy atom. The van der Waals surface area contributed by atoms with E-state index in [2.05, 4.69) is 4.98 Å². The number of hydrogen-bond acceptors (Lipinski definition) is 4. The molecule has 0 aliphatic heterocycles. The number of ether oxygens (including phenoxy) is 2. The summed E-state index contributed by atoms with van der Waals surface area (Å²) in [6, 6.07) is 6.02. The zero-order valence-corrected chi connectivity index (χ0v) is 13.8. The number of H-pyrrole nitrogens is 1. The van der Waals surface area contributed by atoms with Gasteiger partial charge in [-0.15, -0.1) is 11.3 Å². The van der Waals surface area contributed by atoms with Crippen molar-refractivity contribution in [3.05, 3.63) is 27.8 Å². The van der Waals surface area contributed by atoms with E-state index in [1.165, 1.54) is 0 Å². The maximum atomic E-state index is 5.77. The molecule has 2 aromatic rings. The number of nitrogens with one attached hydrogen (secondary N) is 1. The molecule has 0 amide bonds. The molecular weight excluding hydrogens is 290 g/mol. The van der Waals surface area contributed by atoms with Gasteiger partial charge in [0.25, 0.3) is 0 Å². The second-order valence-electron chi connectivity index (χ2n) is 4.73. The van der Waals surface area contributed by atoms with Crippen molar-refractivity contribution >= 4 is 23.6 Å². The Bertz CT molecular complexity index is 644. The molecule has 0 fully saturated rings. The molecule has 0 spiro atoms. The summed E-state index contributed by atoms with van der Waals surface area (Å²) in [5.41, 5.74) is 2.18. The van der Waals surface area contributed by atoms with E-state index in [1.54, 1.807) is 11.3 Å². The fourth-order valence-corrected chi connectivity index (χ4v) is 3.19. The summed E-state index contributed by atoms with van der Waals surface area (Å²) < 4.78 is 12.3. The maximum Gasteiger partial charge on any atom is 0.161 e. The predicted molar refractivity (Wildman–Crippen MR) is 86.6 cm³/mol. The molecule has 5 heteroatoms. The number of aromatic amines is 1. The Labute approximate surface area is 128 Å². The van der Waals surface area contributed by atoms with Crippen molar-refractivity contribution in [2.45, 2.75) is 33.8 Å². The van der Waals surface area contributed by atoms with Gasteiger partial charge in [0.2, 0.25) is 0 Å². The summed E-state index contributed by atoms with van der Waals surface area (Å²) >= 11 is 6.77. The Kier molecular flexibility index (Phi) is 4.83. The molecule has 0 radical (unpaired) electrons. The summed E-state index contributed by atoms with van der Waals surface area (Å²) in [6.07, 6.45) is 0.121. The number of benzene rings is 1. The van der Waals surface area contributed by atoms with Crippen molar-refractivity contribution in [3.8, 4) is 21.9 Å². The van der Waals surface area contributed by atoms with Crippen molar-refractivity contribution in [1.82, 2.24) is 4.98 Å². The highest BCUT2D eigenvalue weighted by Crippen LogP contribution is 2.36. The summed E-state index contributed by atoms with van der Waals surface area (Å²) in [5.74, 6) is 1.56. The summed E-state index contributed by atoms with van der Waals surface area (Å²) in [7, 11) is 0. The van der Waals surface area contributed by atoms with Gasteiger partial charge in [-0.1, -0.05) is 0 Å². The van der Waals surface area contributed by atoms with Crippen LogP contribution in [0.2, 0.25) is 0 Å². The van der Waals surface area contributed by atoms with E-state index < -0.39 is 0 Å². The summed E-state index contributed by atoms with van der Waals surface area (Å²) in [6.45, 7) is 8.62. The van der Waals surface area contributed by atoms with Crippen LogP contribution in [-0.4, -0.2) is 17.7 Å². The Morgan fingerprint density at radius 1 is 1.30 bits per heavy atom. The summed E-state index contributed by atoms with van der Waals surface area (Å²) in [4.78, 5) is 4.31. The topological polar surface area (TPSA) is 34.2 Å². The van der Waals surface area contributed by atoms with E-state index in [-0.39, 0.29) is 6.10 Å². The number of thiazole rings is 1. The zero-order valence-electron chi connectivity index (χ0n) is 12.1. The average molecular weight is 309 g/mol. The smallest absolute Gasteiger partial charge is 0.161 e. The minimum atomic E-state index is 0.121. The fourth-order valence-electron chi connectivity index (χ4n) is 1.95. The molecule has 0 atom stereocenters. The third-order valence-electron chi connectivity index (χ3n) is 2.69. The van der Waals surface area contributed by atoms with Gasteiger partial charge in [0.1, 0.15) is 0 Å². The fraction of sp³-hybridized carbons (Fsp3) is 0.400. The van der Waals surface area contributed by atoms with Crippen LogP contribution >= 0.6 is 23.6 Å². The minimum Gasteiger partial charge on any atom is -0.490 e. The number of aromatic nitrogens is 1. The molecule has 1 N–H and O–H groups in total. The van der Waals surface area contributed by atoms with Crippen molar-refractivity contribution in [2.24, 2.45) is 0 Å². The van der Waals surface area contributed by atoms with Crippen LogP contribution in [0.5, 0.6) is 11.5 Å². The highest BCUT2D eigenvalue weighted by molar-refractivity contribution is 7.73. The monoisotopic (exact) mass is 309 g/mol. The quantitative estimate of drug-likeness (QED) is 0.792. The number of hydrogen-bond donors (Lipinski definition) is 1. The van der Waals surface area contributed by atoms with Gasteiger partial charge in [0.15, 0.2) is 15.5 Å². The number of aryl methyl sites for hydroxylation is 1. The van der Waals surface area contributed by atoms with E-state index in [9.17, 15) is 0 Å². The van der Waals surface area contributed by atoms with Crippen LogP contribution in [0.25, 0.3) is 10.4 Å². The second-order valence-corrected chi connectivity index (χ2v) is 6.42. The Hall–Kier alpha value is -1.33. The lowest BCUT2D eigenvalue weighted by molar-refractivity contribution is 0.224. The van der Waals surface area contributed by atoms with Crippen LogP contribution in [0.15, 0.2) is 18.2 Å². The van der Waals surface area contributed by atoms with E-state index in [0.717, 1.165) is 31.6 Å². The first kappa shape index (κ1) is 15.1. The van der Waals surface area contributed by atoms with Gasteiger partial charge in [-0.05, 0) is 63.7 Å². The predicted octanol–water partition coefficient (Wildman–Crippen LogP) is 4.97. The number of rotatable bonds is 5. The molecule has 0 bridgehead atoms. The van der Waals surface area contributed by atoms with Crippen molar-refractivity contribution in [2.75, 3.05) is 6.61 Å². The molecule has 0 saturated heterocycles.